The molecule has 2 aromatic rings. The van der Waals surface area contributed by atoms with Crippen LogP contribution in [0, 0.1) is 6.92 Å². The summed E-state index contributed by atoms with van der Waals surface area (Å²) in [7, 11) is 0. The van der Waals surface area contributed by atoms with Crippen LogP contribution in [0.1, 0.15) is 41.9 Å². The van der Waals surface area contributed by atoms with Gasteiger partial charge in [0.25, 0.3) is 11.5 Å². The second-order valence-electron chi connectivity index (χ2n) is 6.11. The molecule has 1 heterocycles. The van der Waals surface area contributed by atoms with E-state index in [4.69, 9.17) is 0 Å². The minimum absolute atomic E-state index is 0.0503. The number of benzene rings is 1. The molecule has 27 heavy (non-hydrogen) atoms. The molecule has 1 aromatic heterocycles. The molecule has 0 bridgehead atoms. The molecule has 3 N–H and O–H groups in total. The maximum absolute atomic E-state index is 12.3. The lowest BCUT2D eigenvalue weighted by atomic mass is 10.1. The van der Waals surface area contributed by atoms with Crippen molar-refractivity contribution in [2.75, 3.05) is 18.4 Å². The summed E-state index contributed by atoms with van der Waals surface area (Å²) >= 11 is 0. The van der Waals surface area contributed by atoms with Crippen molar-refractivity contribution in [3.8, 4) is 0 Å². The second kappa shape index (κ2) is 8.98. The van der Waals surface area contributed by atoms with Crippen molar-refractivity contribution in [1.29, 1.82) is 0 Å². The van der Waals surface area contributed by atoms with Gasteiger partial charge < -0.3 is 15.2 Å². The van der Waals surface area contributed by atoms with E-state index in [0.717, 1.165) is 0 Å². The molecule has 0 saturated heterocycles. The van der Waals surface area contributed by atoms with Gasteiger partial charge in [-0.2, -0.15) is 0 Å². The van der Waals surface area contributed by atoms with Crippen molar-refractivity contribution >= 4 is 17.5 Å². The summed E-state index contributed by atoms with van der Waals surface area (Å²) in [6, 6.07) is 6.69. The number of carbonyl (C=O) groups excluding carboxylic acids is 2. The maximum atomic E-state index is 12.3. The average Bonchev–Trinajstić information content (AvgIpc) is 2.62. The number of amides is 2. The molecule has 0 aliphatic carbocycles. The summed E-state index contributed by atoms with van der Waals surface area (Å²) in [5.74, 6) is -0.312. The van der Waals surface area contributed by atoms with Crippen molar-refractivity contribution in [1.82, 2.24) is 14.9 Å². The number of carbonyl (C=O) groups is 2. The van der Waals surface area contributed by atoms with Crippen molar-refractivity contribution < 1.29 is 9.59 Å². The number of H-pyrrole nitrogens is 2. The van der Waals surface area contributed by atoms with Gasteiger partial charge in [-0.15, -0.1) is 0 Å². The van der Waals surface area contributed by atoms with Gasteiger partial charge in [0.2, 0.25) is 5.91 Å². The zero-order chi connectivity index (χ0) is 20.0. The fourth-order valence-electron chi connectivity index (χ4n) is 2.78. The Morgan fingerprint density at radius 1 is 1.04 bits per heavy atom. The van der Waals surface area contributed by atoms with Crippen LogP contribution < -0.4 is 16.6 Å². The highest BCUT2D eigenvalue weighted by Gasteiger charge is 2.13. The number of hydrogen-bond acceptors (Lipinski definition) is 4. The van der Waals surface area contributed by atoms with Gasteiger partial charge in [-0.1, -0.05) is 0 Å². The minimum atomic E-state index is -0.565. The van der Waals surface area contributed by atoms with Gasteiger partial charge in [0.15, 0.2) is 0 Å². The van der Waals surface area contributed by atoms with Crippen LogP contribution in [0.25, 0.3) is 0 Å². The number of nitrogens with zero attached hydrogens (tertiary/aromatic N) is 1. The van der Waals surface area contributed by atoms with Gasteiger partial charge in [-0.05, 0) is 51.5 Å². The van der Waals surface area contributed by atoms with E-state index in [1.54, 1.807) is 36.1 Å². The van der Waals surface area contributed by atoms with Crippen molar-refractivity contribution in [2.45, 2.75) is 33.6 Å². The molecule has 0 atom stereocenters. The van der Waals surface area contributed by atoms with E-state index in [-0.39, 0.29) is 24.7 Å². The van der Waals surface area contributed by atoms with E-state index < -0.39 is 11.2 Å². The molecule has 8 nitrogen and oxygen atoms in total. The first-order valence-corrected chi connectivity index (χ1v) is 8.87. The molecular weight excluding hydrogens is 348 g/mol. The number of hydrogen-bond donors (Lipinski definition) is 3. The Balaban J connectivity index is 1.97. The van der Waals surface area contributed by atoms with Crippen LogP contribution in [0.5, 0.6) is 0 Å². The zero-order valence-corrected chi connectivity index (χ0v) is 15.7. The molecule has 0 fully saturated rings. The molecule has 0 spiro atoms. The quantitative estimate of drug-likeness (QED) is 0.682. The topological polar surface area (TPSA) is 115 Å². The van der Waals surface area contributed by atoms with E-state index >= 15 is 0 Å². The first kappa shape index (κ1) is 20.2. The summed E-state index contributed by atoms with van der Waals surface area (Å²) in [5.41, 5.74) is 0.921. The van der Waals surface area contributed by atoms with Crippen LogP contribution in [0.2, 0.25) is 0 Å². The zero-order valence-electron chi connectivity index (χ0n) is 15.7. The first-order valence-electron chi connectivity index (χ1n) is 8.87. The monoisotopic (exact) mass is 372 g/mol. The third-order valence-electron chi connectivity index (χ3n) is 4.32. The Bertz CT molecular complexity index is 924. The predicted octanol–water partition coefficient (Wildman–Crippen LogP) is 1.42. The Morgan fingerprint density at radius 3 is 2.22 bits per heavy atom. The Morgan fingerprint density at radius 2 is 1.67 bits per heavy atom. The molecular formula is C19H24N4O4. The number of aromatic nitrogens is 2. The van der Waals surface area contributed by atoms with E-state index in [2.05, 4.69) is 15.3 Å². The number of nitrogens with one attached hydrogen (secondary N) is 3. The Kier molecular flexibility index (Phi) is 6.70. The lowest BCUT2D eigenvalue weighted by molar-refractivity contribution is -0.116. The van der Waals surface area contributed by atoms with Gasteiger partial charge in [0.05, 0.1) is 0 Å². The molecule has 0 saturated carbocycles. The Labute approximate surface area is 156 Å². The van der Waals surface area contributed by atoms with Crippen LogP contribution in [0.3, 0.4) is 0 Å². The van der Waals surface area contributed by atoms with Crippen molar-refractivity contribution in [2.24, 2.45) is 0 Å². The molecule has 0 unspecified atom stereocenters. The molecule has 0 aliphatic heterocycles. The van der Waals surface area contributed by atoms with Crippen LogP contribution in [0.4, 0.5) is 5.69 Å². The number of aromatic amines is 2. The average molecular weight is 372 g/mol. The normalized spacial score (nSPS) is 10.5. The summed E-state index contributed by atoms with van der Waals surface area (Å²) in [4.78, 5) is 53.8. The molecule has 2 amide bonds. The van der Waals surface area contributed by atoms with Crippen molar-refractivity contribution in [3.63, 3.8) is 0 Å². The van der Waals surface area contributed by atoms with Crippen LogP contribution in [-0.4, -0.2) is 39.8 Å². The van der Waals surface area contributed by atoms with Gasteiger partial charge in [0.1, 0.15) is 0 Å². The van der Waals surface area contributed by atoms with Gasteiger partial charge in [0, 0.05) is 42.0 Å². The standard InChI is InChI=1S/C19H24N4O4/c1-4-23(5-2)18(26)13-6-8-14(9-7-13)21-16(24)11-10-15-12(3)20-19(27)22-17(15)25/h6-9H,4-5,10-11H2,1-3H3,(H,21,24)(H2,20,22,25,27). The molecule has 1 aromatic carbocycles. The Hall–Kier alpha value is -3.16. The summed E-state index contributed by atoms with van der Waals surface area (Å²) in [6.45, 7) is 6.74. The van der Waals surface area contributed by atoms with Gasteiger partial charge in [-0.25, -0.2) is 4.79 Å². The highest BCUT2D eigenvalue weighted by molar-refractivity contribution is 5.95. The number of rotatable bonds is 7. The first-order chi connectivity index (χ1) is 12.8. The van der Waals surface area contributed by atoms with Crippen LogP contribution in [-0.2, 0) is 11.2 Å². The maximum Gasteiger partial charge on any atom is 0.325 e. The number of anilines is 1. The fourth-order valence-corrected chi connectivity index (χ4v) is 2.78. The lowest BCUT2D eigenvalue weighted by Crippen LogP contribution is -2.30. The summed E-state index contributed by atoms with van der Waals surface area (Å²) in [6.07, 6.45) is 0.304. The third kappa shape index (κ3) is 5.16. The molecule has 0 radical (unpaired) electrons. The highest BCUT2D eigenvalue weighted by Crippen LogP contribution is 2.12. The SMILES string of the molecule is CCN(CC)C(=O)c1ccc(NC(=O)CCc2c(C)[nH]c(=O)[nH]c2=O)cc1. The second-order valence-corrected chi connectivity index (χ2v) is 6.11. The molecule has 0 aliphatic rings. The van der Waals surface area contributed by atoms with E-state index in [1.807, 2.05) is 13.8 Å². The number of aryl methyl sites for hydroxylation is 1. The lowest BCUT2D eigenvalue weighted by Gasteiger charge is -2.18. The third-order valence-corrected chi connectivity index (χ3v) is 4.32. The smallest absolute Gasteiger partial charge is 0.325 e. The van der Waals surface area contributed by atoms with Gasteiger partial charge in [-0.3, -0.25) is 19.4 Å². The van der Waals surface area contributed by atoms with E-state index in [1.165, 1.54) is 0 Å². The summed E-state index contributed by atoms with van der Waals surface area (Å²) < 4.78 is 0. The minimum Gasteiger partial charge on any atom is -0.339 e. The largest absolute Gasteiger partial charge is 0.339 e. The summed E-state index contributed by atoms with van der Waals surface area (Å²) in [5, 5.41) is 2.74. The van der Waals surface area contributed by atoms with Gasteiger partial charge >= 0.3 is 5.69 Å². The van der Waals surface area contributed by atoms with Crippen LogP contribution in [0.15, 0.2) is 33.9 Å². The molecule has 2 rings (SSSR count). The molecule has 8 heteroatoms. The fraction of sp³-hybridized carbons (Fsp3) is 0.368. The predicted molar refractivity (Wildman–Crippen MR) is 103 cm³/mol. The highest BCUT2D eigenvalue weighted by atomic mass is 16.2. The van der Waals surface area contributed by atoms with E-state index in [9.17, 15) is 19.2 Å². The van der Waals surface area contributed by atoms with Crippen LogP contribution >= 0.6 is 0 Å². The van der Waals surface area contributed by atoms with E-state index in [0.29, 0.717) is 35.6 Å². The molecule has 144 valence electrons. The van der Waals surface area contributed by atoms with Crippen molar-refractivity contribution in [3.05, 3.63) is 61.9 Å².